The van der Waals surface area contributed by atoms with Gasteiger partial charge in [0.15, 0.2) is 0 Å². The minimum atomic E-state index is -0.216. The Morgan fingerprint density at radius 2 is 1.91 bits per heavy atom. The Bertz CT molecular complexity index is 152. The Morgan fingerprint density at radius 3 is 2.27 bits per heavy atom. The molecule has 0 N–H and O–H groups in total. The van der Waals surface area contributed by atoms with E-state index in [0.29, 0.717) is 5.92 Å². The molecule has 0 aliphatic carbocycles. The van der Waals surface area contributed by atoms with Gasteiger partial charge in [0.1, 0.15) is 0 Å². The highest BCUT2D eigenvalue weighted by Crippen LogP contribution is 2.05. The molecule has 2 nitrogen and oxygen atoms in total. The van der Waals surface area contributed by atoms with Crippen LogP contribution in [0.5, 0.6) is 0 Å². The molecule has 0 rings (SSSR count). The van der Waals surface area contributed by atoms with Gasteiger partial charge in [0.05, 0.1) is 15.4 Å². The minimum absolute atomic E-state index is 0.144. The van der Waals surface area contributed by atoms with Gasteiger partial charge in [-0.25, -0.2) is 0 Å². The lowest BCUT2D eigenvalue weighted by molar-refractivity contribution is -0.135. The molecule has 0 aromatic rings. The highest BCUT2D eigenvalue weighted by Gasteiger charge is 2.07. The largest absolute Gasteiger partial charge is 0.451 e. The second-order valence-electron chi connectivity index (χ2n) is 2.85. The smallest absolute Gasteiger partial charge is 0.314 e. The Morgan fingerprint density at radius 1 is 1.36 bits per heavy atom. The van der Waals surface area contributed by atoms with Gasteiger partial charge in [0, 0.05) is 0 Å². The Labute approximate surface area is 70.3 Å². The van der Waals surface area contributed by atoms with E-state index in [0.717, 1.165) is 0 Å². The van der Waals surface area contributed by atoms with E-state index in [9.17, 15) is 4.79 Å². The van der Waals surface area contributed by atoms with Crippen molar-refractivity contribution in [3.63, 3.8) is 0 Å². The zero-order valence-corrected chi connectivity index (χ0v) is 8.36. The normalized spacial score (nSPS) is 13.9. The number of allylic oxidation sites excluding steroid dienone is 1. The van der Waals surface area contributed by atoms with Gasteiger partial charge in [-0.05, 0) is 12.8 Å². The van der Waals surface area contributed by atoms with E-state index >= 15 is 0 Å². The number of carbonyl (C=O) groups excluding carboxylic acids is 1. The van der Waals surface area contributed by atoms with Crippen LogP contribution in [0.4, 0.5) is 0 Å². The van der Waals surface area contributed by atoms with Crippen molar-refractivity contribution in [3.05, 3.63) is 12.2 Å². The lowest BCUT2D eigenvalue weighted by atomic mass is 10.1. The quantitative estimate of drug-likeness (QED) is 0.484. The van der Waals surface area contributed by atoms with Gasteiger partial charge in [-0.15, -0.1) is 0 Å². The summed E-state index contributed by atoms with van der Waals surface area (Å²) in [5, 5.41) is 0. The Kier molecular flexibility index (Phi) is 5.14. The molecule has 0 amide bonds. The van der Waals surface area contributed by atoms with Crippen LogP contribution in [0.2, 0.25) is 0 Å². The van der Waals surface area contributed by atoms with E-state index in [4.69, 9.17) is 0 Å². The van der Waals surface area contributed by atoms with Gasteiger partial charge in [-0.3, -0.25) is 4.79 Å². The predicted molar refractivity (Wildman–Crippen MR) is 48.9 cm³/mol. The molecule has 11 heavy (non-hydrogen) atoms. The third-order valence-electron chi connectivity index (χ3n) is 1.27. The highest BCUT2D eigenvalue weighted by atomic mass is 31.0. The molecule has 0 aromatic heterocycles. The van der Waals surface area contributed by atoms with Gasteiger partial charge >= 0.3 is 5.97 Å². The molecule has 0 spiro atoms. The second-order valence-corrected chi connectivity index (χ2v) is 3.09. The molecule has 0 aliphatic heterocycles. The molecule has 0 aromatic carbocycles. The SMILES string of the molecule is CC(C)/C=C\C(C)C(=O)OP. The molecule has 0 heterocycles. The molecule has 0 saturated carbocycles. The average molecular weight is 174 g/mol. The van der Waals surface area contributed by atoms with Gasteiger partial charge in [0.25, 0.3) is 0 Å². The van der Waals surface area contributed by atoms with Crippen LogP contribution >= 0.6 is 9.47 Å². The maximum absolute atomic E-state index is 10.8. The molecule has 3 heteroatoms. The van der Waals surface area contributed by atoms with Crippen molar-refractivity contribution in [2.75, 3.05) is 0 Å². The molecule has 0 aliphatic rings. The van der Waals surface area contributed by atoms with Crippen molar-refractivity contribution in [1.82, 2.24) is 0 Å². The number of carbonyl (C=O) groups is 1. The fourth-order valence-electron chi connectivity index (χ4n) is 0.575. The zero-order valence-electron chi connectivity index (χ0n) is 7.20. The first kappa shape index (κ1) is 10.6. The maximum Gasteiger partial charge on any atom is 0.314 e. The van der Waals surface area contributed by atoms with Crippen molar-refractivity contribution in [3.8, 4) is 0 Å². The fourth-order valence-corrected chi connectivity index (χ4v) is 0.789. The zero-order chi connectivity index (χ0) is 8.85. The van der Waals surface area contributed by atoms with Crippen LogP contribution in [0.1, 0.15) is 20.8 Å². The summed E-state index contributed by atoms with van der Waals surface area (Å²) in [7, 11) is 1.95. The van der Waals surface area contributed by atoms with Crippen LogP contribution in [0.25, 0.3) is 0 Å². The second kappa shape index (κ2) is 5.31. The van der Waals surface area contributed by atoms with E-state index in [1.165, 1.54) is 0 Å². The summed E-state index contributed by atoms with van der Waals surface area (Å²) in [6.07, 6.45) is 3.85. The standard InChI is InChI=1S/C8H15O2P/c1-6(2)4-5-7(3)8(9)10-11/h4-7H,11H2,1-3H3/b5-4-. The van der Waals surface area contributed by atoms with Gasteiger partial charge in [-0.1, -0.05) is 26.0 Å². The minimum Gasteiger partial charge on any atom is -0.451 e. The van der Waals surface area contributed by atoms with Crippen LogP contribution in [0.15, 0.2) is 12.2 Å². The van der Waals surface area contributed by atoms with Crippen LogP contribution in [0.3, 0.4) is 0 Å². The van der Waals surface area contributed by atoms with Crippen LogP contribution in [-0.2, 0) is 9.32 Å². The van der Waals surface area contributed by atoms with Gasteiger partial charge < -0.3 is 4.52 Å². The number of hydrogen-bond donors (Lipinski definition) is 0. The summed E-state index contributed by atoms with van der Waals surface area (Å²) < 4.78 is 4.47. The number of rotatable bonds is 3. The molecule has 2 atom stereocenters. The van der Waals surface area contributed by atoms with E-state index in [-0.39, 0.29) is 11.9 Å². The van der Waals surface area contributed by atoms with Crippen molar-refractivity contribution < 1.29 is 9.32 Å². The summed E-state index contributed by atoms with van der Waals surface area (Å²) in [5.74, 6) is 0.122. The molecule has 0 saturated heterocycles. The molecule has 2 unspecified atom stereocenters. The maximum atomic E-state index is 10.8. The van der Waals surface area contributed by atoms with Crippen molar-refractivity contribution in [2.45, 2.75) is 20.8 Å². The highest BCUT2D eigenvalue weighted by molar-refractivity contribution is 7.10. The Hall–Kier alpha value is -0.360. The van der Waals surface area contributed by atoms with Crippen LogP contribution in [-0.4, -0.2) is 5.97 Å². The van der Waals surface area contributed by atoms with E-state index < -0.39 is 0 Å². The topological polar surface area (TPSA) is 26.3 Å². The van der Waals surface area contributed by atoms with E-state index in [1.54, 1.807) is 0 Å². The summed E-state index contributed by atoms with van der Waals surface area (Å²) >= 11 is 0. The van der Waals surface area contributed by atoms with Crippen LogP contribution in [0, 0.1) is 11.8 Å². The van der Waals surface area contributed by atoms with E-state index in [1.807, 2.05) is 28.5 Å². The molecular weight excluding hydrogens is 159 g/mol. The summed E-state index contributed by atoms with van der Waals surface area (Å²) in [4.78, 5) is 10.8. The lowest BCUT2D eigenvalue weighted by Gasteiger charge is -2.02. The first-order chi connectivity index (χ1) is 5.07. The van der Waals surface area contributed by atoms with Crippen molar-refractivity contribution >= 4 is 15.4 Å². The average Bonchev–Trinajstić information content (AvgIpc) is 1.98. The molecule has 0 bridgehead atoms. The van der Waals surface area contributed by atoms with Crippen molar-refractivity contribution in [1.29, 1.82) is 0 Å². The van der Waals surface area contributed by atoms with Gasteiger partial charge in [0.2, 0.25) is 0 Å². The first-order valence-electron chi connectivity index (χ1n) is 3.66. The lowest BCUT2D eigenvalue weighted by Crippen LogP contribution is -2.07. The fraction of sp³-hybridized carbons (Fsp3) is 0.625. The number of hydrogen-bond acceptors (Lipinski definition) is 2. The summed E-state index contributed by atoms with van der Waals surface area (Å²) in [5.41, 5.74) is 0. The summed E-state index contributed by atoms with van der Waals surface area (Å²) in [6.45, 7) is 5.94. The first-order valence-corrected chi connectivity index (χ1v) is 4.14. The molecule has 64 valence electrons. The van der Waals surface area contributed by atoms with Crippen molar-refractivity contribution in [2.24, 2.45) is 11.8 Å². The molecule has 0 radical (unpaired) electrons. The molecule has 0 fully saturated rings. The van der Waals surface area contributed by atoms with E-state index in [2.05, 4.69) is 18.4 Å². The monoisotopic (exact) mass is 174 g/mol. The third-order valence-corrected chi connectivity index (χ3v) is 1.50. The van der Waals surface area contributed by atoms with Crippen LogP contribution < -0.4 is 0 Å². The van der Waals surface area contributed by atoms with Gasteiger partial charge in [-0.2, -0.15) is 0 Å². The predicted octanol–water partition coefficient (Wildman–Crippen LogP) is 2.17. The Balaban J connectivity index is 3.86. The third kappa shape index (κ3) is 4.97. The summed E-state index contributed by atoms with van der Waals surface area (Å²) in [6, 6.07) is 0. The molecular formula is C8H15O2P.